The summed E-state index contributed by atoms with van der Waals surface area (Å²) in [5.41, 5.74) is 0. The normalized spacial score (nSPS) is 27.6. The predicted octanol–water partition coefficient (Wildman–Crippen LogP) is 2.03. The van der Waals surface area contributed by atoms with E-state index in [4.69, 9.17) is 4.74 Å². The number of morpholine rings is 1. The number of ether oxygens (including phenoxy) is 1. The van der Waals surface area contributed by atoms with Gasteiger partial charge >= 0.3 is 5.97 Å². The molecule has 1 saturated heterocycles. The van der Waals surface area contributed by atoms with Gasteiger partial charge in [0.15, 0.2) is 6.10 Å². The molecule has 0 radical (unpaired) electrons. The van der Waals surface area contributed by atoms with Gasteiger partial charge in [-0.2, -0.15) is 0 Å². The standard InChI is InChI=1S/C12H12BrNO4S/c13-8-4-3-7(19-8)10-11(12(16)17)18-5-9(15)14(10)6-1-2-6/h3-4,6,10-11H,1-2,5H2,(H,16,17). The van der Waals surface area contributed by atoms with E-state index in [1.165, 1.54) is 11.3 Å². The van der Waals surface area contributed by atoms with Crippen LogP contribution in [0.2, 0.25) is 0 Å². The van der Waals surface area contributed by atoms with E-state index < -0.39 is 18.1 Å². The summed E-state index contributed by atoms with van der Waals surface area (Å²) in [6.45, 7) is -0.142. The zero-order valence-electron chi connectivity index (χ0n) is 9.91. The van der Waals surface area contributed by atoms with E-state index in [9.17, 15) is 14.7 Å². The first-order valence-corrected chi connectivity index (χ1v) is 7.59. The van der Waals surface area contributed by atoms with E-state index in [0.717, 1.165) is 21.5 Å². The molecule has 1 saturated carbocycles. The average molecular weight is 346 g/mol. The lowest BCUT2D eigenvalue weighted by Gasteiger charge is -2.39. The predicted molar refractivity (Wildman–Crippen MR) is 72.0 cm³/mol. The van der Waals surface area contributed by atoms with Crippen LogP contribution >= 0.6 is 27.3 Å². The molecule has 1 aromatic heterocycles. The van der Waals surface area contributed by atoms with Crippen molar-refractivity contribution in [3.8, 4) is 0 Å². The smallest absolute Gasteiger partial charge is 0.335 e. The molecule has 1 N–H and O–H groups in total. The molecule has 2 atom stereocenters. The number of hydrogen-bond donors (Lipinski definition) is 1. The van der Waals surface area contributed by atoms with Crippen molar-refractivity contribution < 1.29 is 19.4 Å². The van der Waals surface area contributed by atoms with Gasteiger partial charge in [0, 0.05) is 10.9 Å². The molecule has 2 heterocycles. The topological polar surface area (TPSA) is 66.8 Å². The summed E-state index contributed by atoms with van der Waals surface area (Å²) in [4.78, 5) is 26.0. The Morgan fingerprint density at radius 3 is 2.74 bits per heavy atom. The van der Waals surface area contributed by atoms with Crippen LogP contribution in [0.5, 0.6) is 0 Å². The van der Waals surface area contributed by atoms with Crippen molar-refractivity contribution in [1.82, 2.24) is 4.90 Å². The van der Waals surface area contributed by atoms with Crippen LogP contribution in [-0.2, 0) is 14.3 Å². The summed E-state index contributed by atoms with van der Waals surface area (Å²) in [5.74, 6) is -1.14. The van der Waals surface area contributed by atoms with Gasteiger partial charge in [-0.3, -0.25) is 4.79 Å². The van der Waals surface area contributed by atoms with Gasteiger partial charge in [-0.25, -0.2) is 4.79 Å². The fraction of sp³-hybridized carbons (Fsp3) is 0.500. The SMILES string of the molecule is O=C(O)C1OCC(=O)N(C2CC2)C1c1ccc(Br)s1. The second-order valence-electron chi connectivity index (χ2n) is 4.69. The average Bonchev–Trinajstić information content (AvgIpc) is 3.10. The Kier molecular flexibility index (Phi) is 3.36. The number of nitrogens with zero attached hydrogens (tertiary/aromatic N) is 1. The lowest BCUT2D eigenvalue weighted by Crippen LogP contribution is -2.52. The second kappa shape index (κ2) is 4.88. The molecule has 0 spiro atoms. The molecule has 1 aromatic rings. The zero-order valence-corrected chi connectivity index (χ0v) is 12.3. The summed E-state index contributed by atoms with van der Waals surface area (Å²) in [5, 5.41) is 9.31. The van der Waals surface area contributed by atoms with E-state index in [-0.39, 0.29) is 18.6 Å². The maximum Gasteiger partial charge on any atom is 0.335 e. The van der Waals surface area contributed by atoms with Crippen molar-refractivity contribution in [2.75, 3.05) is 6.61 Å². The Hall–Kier alpha value is -0.920. The molecule has 2 unspecified atom stereocenters. The highest BCUT2D eigenvalue weighted by Gasteiger charge is 2.48. The van der Waals surface area contributed by atoms with Gasteiger partial charge in [0.1, 0.15) is 12.6 Å². The largest absolute Gasteiger partial charge is 0.479 e. The zero-order chi connectivity index (χ0) is 13.6. The number of rotatable bonds is 3. The van der Waals surface area contributed by atoms with Crippen LogP contribution < -0.4 is 0 Å². The van der Waals surface area contributed by atoms with Crippen molar-refractivity contribution in [3.05, 3.63) is 20.8 Å². The Morgan fingerprint density at radius 1 is 1.47 bits per heavy atom. The summed E-state index contributed by atoms with van der Waals surface area (Å²) in [7, 11) is 0. The minimum atomic E-state index is -1.02. The molecule has 7 heteroatoms. The number of hydrogen-bond acceptors (Lipinski definition) is 4. The Bertz CT molecular complexity index is 528. The third kappa shape index (κ3) is 2.42. The van der Waals surface area contributed by atoms with Crippen LogP contribution in [0.4, 0.5) is 0 Å². The number of carbonyl (C=O) groups is 2. The van der Waals surface area contributed by atoms with Crippen LogP contribution in [0.1, 0.15) is 23.8 Å². The Balaban J connectivity index is 1.99. The van der Waals surface area contributed by atoms with Crippen molar-refractivity contribution in [2.45, 2.75) is 31.0 Å². The number of carbonyl (C=O) groups excluding carboxylic acids is 1. The molecule has 2 fully saturated rings. The van der Waals surface area contributed by atoms with E-state index in [2.05, 4.69) is 15.9 Å². The molecular formula is C12H12BrNO4S. The first-order valence-electron chi connectivity index (χ1n) is 5.98. The maximum absolute atomic E-state index is 12.0. The Morgan fingerprint density at radius 2 is 2.21 bits per heavy atom. The molecule has 0 aromatic carbocycles. The minimum Gasteiger partial charge on any atom is -0.479 e. The second-order valence-corrected chi connectivity index (χ2v) is 7.18. The minimum absolute atomic E-state index is 0.116. The maximum atomic E-state index is 12.0. The van der Waals surface area contributed by atoms with Crippen LogP contribution in [0.3, 0.4) is 0 Å². The third-order valence-corrected chi connectivity index (χ3v) is 5.02. The van der Waals surface area contributed by atoms with Crippen LogP contribution in [0.15, 0.2) is 15.9 Å². The van der Waals surface area contributed by atoms with Crippen molar-refractivity contribution >= 4 is 39.1 Å². The quantitative estimate of drug-likeness (QED) is 0.910. The lowest BCUT2D eigenvalue weighted by molar-refractivity contribution is -0.173. The number of aliphatic carboxylic acids is 1. The fourth-order valence-electron chi connectivity index (χ4n) is 2.39. The number of carboxylic acid groups (broad SMARTS) is 1. The van der Waals surface area contributed by atoms with E-state index in [1.807, 2.05) is 12.1 Å². The molecule has 19 heavy (non-hydrogen) atoms. The molecule has 2 aliphatic rings. The molecular weight excluding hydrogens is 334 g/mol. The molecule has 3 rings (SSSR count). The fourth-order valence-corrected chi connectivity index (χ4v) is 3.94. The number of amides is 1. The number of halogens is 1. The first kappa shape index (κ1) is 13.1. The third-order valence-electron chi connectivity index (χ3n) is 3.33. The Labute approximate surface area is 122 Å². The van der Waals surface area contributed by atoms with Gasteiger partial charge in [-0.15, -0.1) is 11.3 Å². The summed E-state index contributed by atoms with van der Waals surface area (Å²) >= 11 is 4.82. The van der Waals surface area contributed by atoms with Crippen molar-refractivity contribution in [2.24, 2.45) is 0 Å². The molecule has 102 valence electrons. The van der Waals surface area contributed by atoms with Gasteiger partial charge in [0.05, 0.1) is 3.79 Å². The van der Waals surface area contributed by atoms with E-state index >= 15 is 0 Å². The van der Waals surface area contributed by atoms with Gasteiger partial charge < -0.3 is 14.7 Å². The molecule has 5 nitrogen and oxygen atoms in total. The summed E-state index contributed by atoms with van der Waals surface area (Å²) in [6, 6.07) is 3.38. The van der Waals surface area contributed by atoms with E-state index in [0.29, 0.717) is 0 Å². The monoisotopic (exact) mass is 345 g/mol. The highest BCUT2D eigenvalue weighted by atomic mass is 79.9. The van der Waals surface area contributed by atoms with Crippen molar-refractivity contribution in [1.29, 1.82) is 0 Å². The van der Waals surface area contributed by atoms with Gasteiger partial charge in [-0.05, 0) is 40.9 Å². The van der Waals surface area contributed by atoms with Crippen LogP contribution in [0, 0.1) is 0 Å². The summed E-state index contributed by atoms with van der Waals surface area (Å²) in [6.07, 6.45) is 0.909. The number of thiophene rings is 1. The van der Waals surface area contributed by atoms with Crippen LogP contribution in [0.25, 0.3) is 0 Å². The van der Waals surface area contributed by atoms with Crippen LogP contribution in [-0.4, -0.2) is 40.6 Å². The molecule has 1 amide bonds. The first-order chi connectivity index (χ1) is 9.08. The molecule has 1 aliphatic heterocycles. The van der Waals surface area contributed by atoms with Crippen molar-refractivity contribution in [3.63, 3.8) is 0 Å². The van der Waals surface area contributed by atoms with Gasteiger partial charge in [0.2, 0.25) is 5.91 Å². The highest BCUT2D eigenvalue weighted by Crippen LogP contribution is 2.42. The van der Waals surface area contributed by atoms with E-state index in [1.54, 1.807) is 4.90 Å². The van der Waals surface area contributed by atoms with Gasteiger partial charge in [-0.1, -0.05) is 0 Å². The lowest BCUT2D eigenvalue weighted by atomic mass is 10.0. The summed E-state index contributed by atoms with van der Waals surface area (Å²) < 4.78 is 6.15. The van der Waals surface area contributed by atoms with Gasteiger partial charge in [0.25, 0.3) is 0 Å². The highest BCUT2D eigenvalue weighted by molar-refractivity contribution is 9.11. The molecule has 0 bridgehead atoms. The number of carboxylic acids is 1. The molecule has 1 aliphatic carbocycles.